The molecule has 1 aliphatic rings. The van der Waals surface area contributed by atoms with Crippen LogP contribution in [0.4, 0.5) is 8.78 Å². The molecule has 0 amide bonds. The molecule has 0 atom stereocenters. The fourth-order valence-corrected chi connectivity index (χ4v) is 1.26. The molecule has 1 aliphatic carbocycles. The third-order valence-electron chi connectivity index (χ3n) is 2.16. The van der Waals surface area contributed by atoms with E-state index in [0.29, 0.717) is 0 Å². The summed E-state index contributed by atoms with van der Waals surface area (Å²) in [4.78, 5) is 10.9. The Morgan fingerprint density at radius 3 is 2.78 bits per heavy atom. The van der Waals surface area contributed by atoms with Gasteiger partial charge in [-0.1, -0.05) is 0 Å². The van der Waals surface area contributed by atoms with Gasteiger partial charge in [0.25, 0.3) is 0 Å². The van der Waals surface area contributed by atoms with E-state index in [1.807, 2.05) is 0 Å². The van der Waals surface area contributed by atoms with Crippen LogP contribution in [0.1, 0.15) is 28.6 Å². The van der Waals surface area contributed by atoms with Gasteiger partial charge in [-0.15, -0.1) is 0 Å². The lowest BCUT2D eigenvalue weighted by molar-refractivity contribution is -0.0515. The lowest BCUT2D eigenvalue weighted by Crippen LogP contribution is -2.07. The summed E-state index contributed by atoms with van der Waals surface area (Å²) in [5, 5.41) is 8.87. The molecule has 0 aromatic heterocycles. The molecule has 1 aromatic carbocycles. The monoisotopic (exact) mass is 262 g/mol. The molecule has 1 N–H and O–H groups in total. The smallest absolute Gasteiger partial charge is 0.387 e. The summed E-state index contributed by atoms with van der Waals surface area (Å²) in [5.41, 5.74) is -0.224. The summed E-state index contributed by atoms with van der Waals surface area (Å²) in [6.07, 6.45) is -4.16. The van der Waals surface area contributed by atoms with Crippen LogP contribution in [0.5, 0.6) is 11.5 Å². The van der Waals surface area contributed by atoms with Gasteiger partial charge in [0.1, 0.15) is 0 Å². The second-order valence-corrected chi connectivity index (χ2v) is 3.50. The highest BCUT2D eigenvalue weighted by Crippen LogP contribution is 2.34. The van der Waals surface area contributed by atoms with Gasteiger partial charge in [0.15, 0.2) is 11.5 Å². The molecule has 6 heteroatoms. The predicted octanol–water partition coefficient (Wildman–Crippen LogP) is 2.78. The number of alkyl halides is 2. The third kappa shape index (κ3) is 3.32. The lowest BCUT2D eigenvalue weighted by Gasteiger charge is -2.12. The minimum Gasteiger partial charge on any atom is -0.489 e. The second-order valence-electron chi connectivity index (χ2n) is 3.50. The second kappa shape index (κ2) is 5.20. The van der Waals surface area contributed by atoms with Gasteiger partial charge in [-0.05, 0) is 36.9 Å². The molecule has 2 rings (SSSR count). The van der Waals surface area contributed by atoms with Gasteiger partial charge in [0, 0.05) is 5.48 Å². The number of carbonyl (C=O) groups is 1. The maximum atomic E-state index is 12.3. The van der Waals surface area contributed by atoms with E-state index in [1.165, 1.54) is 0 Å². The van der Waals surface area contributed by atoms with Crippen molar-refractivity contribution in [2.45, 2.75) is 19.4 Å². The van der Waals surface area contributed by atoms with Crippen LogP contribution in [0.25, 0.3) is 0 Å². The van der Waals surface area contributed by atoms with E-state index in [2.05, 4.69) is 4.74 Å². The van der Waals surface area contributed by atoms with E-state index in [0.717, 1.165) is 18.2 Å². The predicted molar refractivity (Wildman–Crippen MR) is 58.3 cm³/mol. The van der Waals surface area contributed by atoms with Gasteiger partial charge in [-0.25, -0.2) is 4.79 Å². The highest BCUT2D eigenvalue weighted by Gasteiger charge is 2.23. The number of hydrogen-bond donors (Lipinski definition) is 1. The van der Waals surface area contributed by atoms with E-state index < -0.39 is 43.6 Å². The topological polar surface area (TPSA) is 55.8 Å². The van der Waals surface area contributed by atoms with E-state index in [1.54, 1.807) is 0 Å². The highest BCUT2D eigenvalue weighted by atomic mass is 19.3. The molecule has 0 bridgehead atoms. The first kappa shape index (κ1) is 8.29. The molecular formula is C12H12F2O4. The summed E-state index contributed by atoms with van der Waals surface area (Å²) < 4.78 is 63.6. The van der Waals surface area contributed by atoms with Crippen molar-refractivity contribution in [2.24, 2.45) is 5.92 Å². The average Bonchev–Trinajstić information content (AvgIpc) is 2.77. The number of hydrogen-bond acceptors (Lipinski definition) is 3. The third-order valence-corrected chi connectivity index (χ3v) is 2.16. The van der Waals surface area contributed by atoms with Crippen LogP contribution in [0, 0.1) is 5.92 Å². The first-order chi connectivity index (χ1) is 10.1. The molecular weight excluding hydrogens is 246 g/mol. The molecule has 0 radical (unpaired) electrons. The first-order valence-electron chi connectivity index (χ1n) is 7.02. The Balaban J connectivity index is 2.17. The van der Waals surface area contributed by atoms with Crippen LogP contribution < -0.4 is 9.47 Å². The molecule has 0 spiro atoms. The number of halogens is 2. The van der Waals surface area contributed by atoms with Gasteiger partial charge < -0.3 is 14.6 Å². The Kier molecular flexibility index (Phi) is 2.39. The maximum Gasteiger partial charge on any atom is 0.387 e. The van der Waals surface area contributed by atoms with Crippen LogP contribution >= 0.6 is 0 Å². The van der Waals surface area contributed by atoms with Crippen molar-refractivity contribution in [2.75, 3.05) is 6.61 Å². The van der Waals surface area contributed by atoms with Crippen molar-refractivity contribution < 1.29 is 33.6 Å². The number of aromatic carboxylic acids is 1. The SMILES string of the molecule is [2H]C1([2H])C(COc2cc(C(=O)O)ccc2OC(F)F)C1([2H])[2H]. The Labute approximate surface area is 108 Å². The van der Waals surface area contributed by atoms with Crippen LogP contribution in [0.3, 0.4) is 0 Å². The van der Waals surface area contributed by atoms with E-state index in [-0.39, 0.29) is 11.3 Å². The zero-order valence-corrected chi connectivity index (χ0v) is 9.02. The lowest BCUT2D eigenvalue weighted by atomic mass is 10.2. The molecule has 0 heterocycles. The first-order valence-corrected chi connectivity index (χ1v) is 5.02. The van der Waals surface area contributed by atoms with Gasteiger partial charge in [0.05, 0.1) is 12.2 Å². The highest BCUT2D eigenvalue weighted by molar-refractivity contribution is 5.88. The van der Waals surface area contributed by atoms with Crippen molar-refractivity contribution in [3.8, 4) is 11.5 Å². The Bertz CT molecular complexity index is 580. The van der Waals surface area contributed by atoms with Gasteiger partial charge in [-0.2, -0.15) is 8.78 Å². The summed E-state index contributed by atoms with van der Waals surface area (Å²) in [6, 6.07) is 3.03. The van der Waals surface area contributed by atoms with E-state index in [4.69, 9.17) is 15.3 Å². The fraction of sp³-hybridized carbons (Fsp3) is 0.417. The van der Waals surface area contributed by atoms with Crippen molar-refractivity contribution in [1.82, 2.24) is 0 Å². The zero-order chi connectivity index (χ0) is 16.7. The standard InChI is InChI=1S/C12H12F2O4/c13-12(14)18-9-4-3-8(11(15)16)5-10(9)17-6-7-1-2-7/h3-5,7,12H,1-2,6H2,(H,15,16)/i1D2,2D2. The fourth-order valence-electron chi connectivity index (χ4n) is 1.26. The number of ether oxygens (including phenoxy) is 2. The number of rotatable bonds is 6. The average molecular weight is 262 g/mol. The molecule has 1 aromatic rings. The van der Waals surface area contributed by atoms with Crippen molar-refractivity contribution >= 4 is 5.97 Å². The number of carboxylic acids is 1. The molecule has 1 saturated carbocycles. The van der Waals surface area contributed by atoms with Crippen LogP contribution in [0.15, 0.2) is 18.2 Å². The number of carboxylic acid groups (broad SMARTS) is 1. The van der Waals surface area contributed by atoms with Crippen LogP contribution in [-0.4, -0.2) is 24.3 Å². The van der Waals surface area contributed by atoms with Crippen molar-refractivity contribution in [3.63, 3.8) is 0 Å². The zero-order valence-electron chi connectivity index (χ0n) is 13.0. The molecule has 98 valence electrons. The van der Waals surface area contributed by atoms with Crippen molar-refractivity contribution in [3.05, 3.63) is 23.8 Å². The van der Waals surface area contributed by atoms with E-state index in [9.17, 15) is 13.6 Å². The number of benzene rings is 1. The molecule has 0 unspecified atom stereocenters. The van der Waals surface area contributed by atoms with Gasteiger partial charge in [0.2, 0.25) is 0 Å². The minimum atomic E-state index is -3.14. The quantitative estimate of drug-likeness (QED) is 0.856. The molecule has 0 saturated heterocycles. The van der Waals surface area contributed by atoms with Gasteiger partial charge >= 0.3 is 12.6 Å². The Morgan fingerprint density at radius 1 is 1.50 bits per heavy atom. The minimum absolute atomic E-state index is 0.224. The summed E-state index contributed by atoms with van der Waals surface area (Å²) in [6.45, 7) is -3.57. The Hall–Kier alpha value is -1.85. The summed E-state index contributed by atoms with van der Waals surface area (Å²) in [7, 11) is 0. The van der Waals surface area contributed by atoms with E-state index >= 15 is 0 Å². The molecule has 0 aliphatic heterocycles. The normalized spacial score (nSPS) is 23.5. The Morgan fingerprint density at radius 2 is 2.22 bits per heavy atom. The summed E-state index contributed by atoms with van der Waals surface area (Å²) >= 11 is 0. The summed E-state index contributed by atoms with van der Waals surface area (Å²) in [5.74, 6) is -3.08. The van der Waals surface area contributed by atoms with Crippen LogP contribution in [0.2, 0.25) is 0 Å². The largest absolute Gasteiger partial charge is 0.489 e. The molecule has 4 nitrogen and oxygen atoms in total. The van der Waals surface area contributed by atoms with Gasteiger partial charge in [-0.3, -0.25) is 0 Å². The maximum absolute atomic E-state index is 12.3. The molecule has 18 heavy (non-hydrogen) atoms. The van der Waals surface area contributed by atoms with Crippen LogP contribution in [-0.2, 0) is 0 Å². The van der Waals surface area contributed by atoms with Crippen molar-refractivity contribution in [1.29, 1.82) is 0 Å². The molecule has 1 fully saturated rings.